The SMILES string of the molecule is COCc1cccc(CNC(=O)[C@@H]2Cc3ccccc3CN2S(=O)(=O)c2cccs2)c1. The van der Waals surface area contributed by atoms with Gasteiger partial charge in [-0.2, -0.15) is 4.31 Å². The van der Waals surface area contributed by atoms with Gasteiger partial charge in [-0.25, -0.2) is 8.42 Å². The number of nitrogens with zero attached hydrogens (tertiary/aromatic N) is 1. The maximum atomic E-state index is 13.3. The van der Waals surface area contributed by atoms with Crippen LogP contribution >= 0.6 is 11.3 Å². The van der Waals surface area contributed by atoms with Crippen LogP contribution in [0, 0.1) is 0 Å². The van der Waals surface area contributed by atoms with Gasteiger partial charge in [-0.3, -0.25) is 4.79 Å². The molecule has 0 spiro atoms. The standard InChI is InChI=1S/C23H24N2O4S2/c1-29-16-18-7-4-6-17(12-18)14-24-23(26)21-13-19-8-2-3-9-20(19)15-25(21)31(27,28)22-10-5-11-30-22/h2-12,21H,13-16H2,1H3,(H,24,26)/t21-/m0/s1. The van der Waals surface area contributed by atoms with E-state index in [2.05, 4.69) is 5.32 Å². The average Bonchev–Trinajstić information content (AvgIpc) is 3.33. The predicted octanol–water partition coefficient (Wildman–Crippen LogP) is 3.33. The molecule has 1 aromatic heterocycles. The largest absolute Gasteiger partial charge is 0.380 e. The second-order valence-electron chi connectivity index (χ2n) is 7.44. The molecule has 0 saturated carbocycles. The lowest BCUT2D eigenvalue weighted by atomic mass is 9.95. The number of methoxy groups -OCH3 is 1. The van der Waals surface area contributed by atoms with Gasteiger partial charge in [-0.05, 0) is 40.1 Å². The Labute approximate surface area is 186 Å². The Morgan fingerprint density at radius 1 is 1.10 bits per heavy atom. The number of amides is 1. The zero-order chi connectivity index (χ0) is 21.8. The van der Waals surface area contributed by atoms with Crippen molar-refractivity contribution in [1.82, 2.24) is 9.62 Å². The summed E-state index contributed by atoms with van der Waals surface area (Å²) in [5.41, 5.74) is 3.89. The number of thiophene rings is 1. The summed E-state index contributed by atoms with van der Waals surface area (Å²) >= 11 is 1.16. The van der Waals surface area contributed by atoms with Crippen molar-refractivity contribution < 1.29 is 17.9 Å². The van der Waals surface area contributed by atoms with E-state index in [0.717, 1.165) is 33.6 Å². The van der Waals surface area contributed by atoms with Crippen molar-refractivity contribution >= 4 is 27.3 Å². The van der Waals surface area contributed by atoms with Gasteiger partial charge in [0.15, 0.2) is 0 Å². The number of rotatable bonds is 7. The van der Waals surface area contributed by atoms with Crippen molar-refractivity contribution in [3.8, 4) is 0 Å². The van der Waals surface area contributed by atoms with Crippen molar-refractivity contribution in [1.29, 1.82) is 0 Å². The number of benzene rings is 2. The predicted molar refractivity (Wildman–Crippen MR) is 120 cm³/mol. The summed E-state index contributed by atoms with van der Waals surface area (Å²) in [6, 6.07) is 17.9. The van der Waals surface area contributed by atoms with Gasteiger partial charge in [0.1, 0.15) is 10.3 Å². The summed E-state index contributed by atoms with van der Waals surface area (Å²) in [6.07, 6.45) is 0.344. The third-order valence-electron chi connectivity index (χ3n) is 5.34. The molecular weight excluding hydrogens is 432 g/mol. The maximum absolute atomic E-state index is 13.3. The topological polar surface area (TPSA) is 75.7 Å². The van der Waals surface area contributed by atoms with Crippen LogP contribution in [0.5, 0.6) is 0 Å². The minimum atomic E-state index is -3.78. The molecule has 0 unspecified atom stereocenters. The van der Waals surface area contributed by atoms with Crippen LogP contribution in [-0.4, -0.2) is 31.8 Å². The molecule has 2 aromatic carbocycles. The molecule has 0 fully saturated rings. The van der Waals surface area contributed by atoms with E-state index in [1.165, 1.54) is 4.31 Å². The van der Waals surface area contributed by atoms with Crippen molar-refractivity contribution in [3.05, 3.63) is 88.3 Å². The summed E-state index contributed by atoms with van der Waals surface area (Å²) in [4.78, 5) is 13.2. The molecule has 4 rings (SSSR count). The molecule has 2 heterocycles. The smallest absolute Gasteiger partial charge is 0.253 e. The van der Waals surface area contributed by atoms with Gasteiger partial charge in [0.25, 0.3) is 10.0 Å². The number of hydrogen-bond acceptors (Lipinski definition) is 5. The Kier molecular flexibility index (Phi) is 6.52. The van der Waals surface area contributed by atoms with E-state index in [1.807, 2.05) is 48.5 Å². The Morgan fingerprint density at radius 2 is 1.87 bits per heavy atom. The first-order valence-corrected chi connectivity index (χ1v) is 12.3. The fourth-order valence-corrected chi connectivity index (χ4v) is 6.49. The molecule has 8 heteroatoms. The molecule has 1 N–H and O–H groups in total. The maximum Gasteiger partial charge on any atom is 0.253 e. The Balaban J connectivity index is 1.58. The van der Waals surface area contributed by atoms with Crippen LogP contribution in [0.2, 0.25) is 0 Å². The monoisotopic (exact) mass is 456 g/mol. The second kappa shape index (κ2) is 9.32. The first-order valence-electron chi connectivity index (χ1n) is 9.95. The summed E-state index contributed by atoms with van der Waals surface area (Å²) in [7, 11) is -2.14. The molecule has 1 atom stereocenters. The second-order valence-corrected chi connectivity index (χ2v) is 10.5. The van der Waals surface area contributed by atoms with Gasteiger partial charge in [0, 0.05) is 20.2 Å². The highest BCUT2D eigenvalue weighted by atomic mass is 32.2. The van der Waals surface area contributed by atoms with Gasteiger partial charge in [-0.15, -0.1) is 11.3 Å². The zero-order valence-electron chi connectivity index (χ0n) is 17.2. The van der Waals surface area contributed by atoms with Gasteiger partial charge < -0.3 is 10.1 Å². The fourth-order valence-electron chi connectivity index (χ4n) is 3.80. The van der Waals surface area contributed by atoms with E-state index >= 15 is 0 Å². The van der Waals surface area contributed by atoms with Crippen molar-refractivity contribution in [2.75, 3.05) is 7.11 Å². The number of ether oxygens (including phenoxy) is 1. The Bertz CT molecular complexity index is 1160. The zero-order valence-corrected chi connectivity index (χ0v) is 18.8. The van der Waals surface area contributed by atoms with Crippen molar-refractivity contribution in [2.24, 2.45) is 0 Å². The molecule has 0 saturated heterocycles. The molecule has 0 aliphatic carbocycles. The lowest BCUT2D eigenvalue weighted by molar-refractivity contribution is -0.125. The number of hydrogen-bond donors (Lipinski definition) is 1. The van der Waals surface area contributed by atoms with E-state index in [0.29, 0.717) is 19.6 Å². The van der Waals surface area contributed by atoms with E-state index in [1.54, 1.807) is 24.6 Å². The Morgan fingerprint density at radius 3 is 2.61 bits per heavy atom. The fraction of sp³-hybridized carbons (Fsp3) is 0.261. The van der Waals surface area contributed by atoms with Crippen LogP contribution in [0.4, 0.5) is 0 Å². The van der Waals surface area contributed by atoms with Crippen LogP contribution in [0.15, 0.2) is 70.3 Å². The number of sulfonamides is 1. The van der Waals surface area contributed by atoms with Crippen molar-refractivity contribution in [3.63, 3.8) is 0 Å². The molecule has 6 nitrogen and oxygen atoms in total. The average molecular weight is 457 g/mol. The van der Waals surface area contributed by atoms with Crippen LogP contribution in [0.3, 0.4) is 0 Å². The van der Waals surface area contributed by atoms with E-state index in [4.69, 9.17) is 4.74 Å². The van der Waals surface area contributed by atoms with Crippen LogP contribution < -0.4 is 5.32 Å². The third-order valence-corrected chi connectivity index (χ3v) is 8.56. The first-order chi connectivity index (χ1) is 15.0. The lowest BCUT2D eigenvalue weighted by Gasteiger charge is -2.34. The molecule has 162 valence electrons. The molecular formula is C23H24N2O4S2. The highest BCUT2D eigenvalue weighted by Gasteiger charge is 2.39. The van der Waals surface area contributed by atoms with Crippen LogP contribution in [-0.2, 0) is 45.7 Å². The molecule has 0 bridgehead atoms. The first kappa shape index (κ1) is 21.7. The molecule has 1 aliphatic heterocycles. The van der Waals surface area contributed by atoms with Gasteiger partial charge in [0.2, 0.25) is 5.91 Å². The van der Waals surface area contributed by atoms with Crippen LogP contribution in [0.1, 0.15) is 22.3 Å². The summed E-state index contributed by atoms with van der Waals surface area (Å²) in [5.74, 6) is -0.299. The molecule has 31 heavy (non-hydrogen) atoms. The van der Waals surface area contributed by atoms with E-state index in [9.17, 15) is 13.2 Å². The Hall–Kier alpha value is -2.52. The number of carbonyl (C=O) groups excluding carboxylic acids is 1. The number of nitrogens with one attached hydrogen (secondary N) is 1. The van der Waals surface area contributed by atoms with E-state index in [-0.39, 0.29) is 16.7 Å². The molecule has 1 amide bonds. The molecule has 0 radical (unpaired) electrons. The number of fused-ring (bicyclic) bond motifs is 1. The van der Waals surface area contributed by atoms with Crippen LogP contribution in [0.25, 0.3) is 0 Å². The van der Waals surface area contributed by atoms with Crippen molar-refractivity contribution in [2.45, 2.75) is 36.4 Å². The minimum absolute atomic E-state index is 0.178. The van der Waals surface area contributed by atoms with E-state index < -0.39 is 16.1 Å². The van der Waals surface area contributed by atoms with Gasteiger partial charge in [-0.1, -0.05) is 54.6 Å². The minimum Gasteiger partial charge on any atom is -0.380 e. The highest BCUT2D eigenvalue weighted by Crippen LogP contribution is 2.31. The quantitative estimate of drug-likeness (QED) is 0.592. The summed E-state index contributed by atoms with van der Waals surface area (Å²) in [6.45, 7) is 0.993. The number of carbonyl (C=O) groups is 1. The summed E-state index contributed by atoms with van der Waals surface area (Å²) in [5, 5.41) is 4.66. The third kappa shape index (κ3) is 4.72. The van der Waals surface area contributed by atoms with Gasteiger partial charge in [0.05, 0.1) is 6.61 Å². The van der Waals surface area contributed by atoms with Gasteiger partial charge >= 0.3 is 0 Å². The normalized spacial score (nSPS) is 16.6. The highest BCUT2D eigenvalue weighted by molar-refractivity contribution is 7.91. The molecule has 1 aliphatic rings. The molecule has 3 aromatic rings. The summed E-state index contributed by atoms with van der Waals surface area (Å²) < 4.78 is 33.4. The lowest BCUT2D eigenvalue weighted by Crippen LogP contribution is -2.52.